The van der Waals surface area contributed by atoms with Crippen LogP contribution in [0.4, 0.5) is 4.39 Å². The SMILES string of the molecule is CC(C)NCc1ccc(F)c(S(=O)(=O)NCC2(C)CC2)c1. The molecule has 6 heteroatoms. The molecular weight excluding hydrogens is 291 g/mol. The van der Waals surface area contributed by atoms with Crippen LogP contribution >= 0.6 is 0 Å². The van der Waals surface area contributed by atoms with E-state index in [2.05, 4.69) is 10.0 Å². The van der Waals surface area contributed by atoms with Crippen LogP contribution in [-0.2, 0) is 16.6 Å². The second-order valence-corrected chi connectivity index (χ2v) is 8.17. The van der Waals surface area contributed by atoms with Gasteiger partial charge in [0.1, 0.15) is 10.7 Å². The third-order valence-corrected chi connectivity index (χ3v) is 5.21. The van der Waals surface area contributed by atoms with Crippen molar-refractivity contribution in [3.05, 3.63) is 29.6 Å². The number of benzene rings is 1. The molecule has 0 heterocycles. The van der Waals surface area contributed by atoms with Gasteiger partial charge in [0.05, 0.1) is 0 Å². The standard InChI is InChI=1S/C15H23FN2O2S/c1-11(2)17-9-12-4-5-13(16)14(8-12)21(19,20)18-10-15(3)6-7-15/h4-5,8,11,17-18H,6-7,9-10H2,1-3H3. The van der Waals surface area contributed by atoms with Gasteiger partial charge >= 0.3 is 0 Å². The van der Waals surface area contributed by atoms with Crippen LogP contribution in [0.5, 0.6) is 0 Å². The third kappa shape index (κ3) is 4.49. The Labute approximate surface area is 126 Å². The number of hydrogen-bond donors (Lipinski definition) is 2. The largest absolute Gasteiger partial charge is 0.310 e. The van der Waals surface area contributed by atoms with Crippen molar-refractivity contribution in [3.63, 3.8) is 0 Å². The first-order chi connectivity index (χ1) is 9.72. The average molecular weight is 314 g/mol. The second kappa shape index (κ2) is 6.02. The molecule has 1 fully saturated rings. The molecule has 2 rings (SSSR count). The summed E-state index contributed by atoms with van der Waals surface area (Å²) in [6.07, 6.45) is 2.02. The minimum Gasteiger partial charge on any atom is -0.310 e. The quantitative estimate of drug-likeness (QED) is 0.812. The van der Waals surface area contributed by atoms with E-state index in [1.165, 1.54) is 12.1 Å². The number of rotatable bonds is 7. The van der Waals surface area contributed by atoms with Gasteiger partial charge in [0.25, 0.3) is 0 Å². The van der Waals surface area contributed by atoms with E-state index in [1.54, 1.807) is 6.07 Å². The highest BCUT2D eigenvalue weighted by molar-refractivity contribution is 7.89. The predicted molar refractivity (Wildman–Crippen MR) is 80.9 cm³/mol. The summed E-state index contributed by atoms with van der Waals surface area (Å²) in [5, 5.41) is 3.19. The minimum atomic E-state index is -3.80. The highest BCUT2D eigenvalue weighted by atomic mass is 32.2. The normalized spacial score (nSPS) is 17.2. The van der Waals surface area contributed by atoms with Gasteiger partial charge in [0, 0.05) is 19.1 Å². The molecule has 0 radical (unpaired) electrons. The molecule has 0 aromatic heterocycles. The van der Waals surface area contributed by atoms with Crippen molar-refractivity contribution >= 4 is 10.0 Å². The van der Waals surface area contributed by atoms with Crippen molar-refractivity contribution in [1.82, 2.24) is 10.0 Å². The molecule has 21 heavy (non-hydrogen) atoms. The molecule has 118 valence electrons. The molecule has 0 atom stereocenters. The van der Waals surface area contributed by atoms with Gasteiger partial charge in [-0.25, -0.2) is 17.5 Å². The molecule has 1 aliphatic carbocycles. The first kappa shape index (κ1) is 16.4. The fourth-order valence-electron chi connectivity index (χ4n) is 1.92. The van der Waals surface area contributed by atoms with Crippen LogP contribution in [0.3, 0.4) is 0 Å². The van der Waals surface area contributed by atoms with Crippen molar-refractivity contribution in [2.45, 2.75) is 51.1 Å². The first-order valence-electron chi connectivity index (χ1n) is 7.23. The van der Waals surface area contributed by atoms with Crippen LogP contribution in [-0.4, -0.2) is 21.0 Å². The van der Waals surface area contributed by atoms with Crippen molar-refractivity contribution in [2.75, 3.05) is 6.54 Å². The third-order valence-electron chi connectivity index (χ3n) is 3.79. The zero-order valence-corrected chi connectivity index (χ0v) is 13.6. The summed E-state index contributed by atoms with van der Waals surface area (Å²) in [5.41, 5.74) is 0.795. The van der Waals surface area contributed by atoms with E-state index in [0.29, 0.717) is 13.1 Å². The maximum atomic E-state index is 13.9. The van der Waals surface area contributed by atoms with E-state index in [-0.39, 0.29) is 16.4 Å². The minimum absolute atomic E-state index is 0.0420. The van der Waals surface area contributed by atoms with Gasteiger partial charge in [-0.05, 0) is 36.0 Å². The molecule has 1 aliphatic rings. The number of sulfonamides is 1. The van der Waals surface area contributed by atoms with Gasteiger partial charge in [-0.3, -0.25) is 0 Å². The topological polar surface area (TPSA) is 58.2 Å². The fourth-order valence-corrected chi connectivity index (χ4v) is 3.25. The molecule has 1 saturated carbocycles. The Hall–Kier alpha value is -0.980. The first-order valence-corrected chi connectivity index (χ1v) is 8.72. The van der Waals surface area contributed by atoms with Crippen molar-refractivity contribution < 1.29 is 12.8 Å². The van der Waals surface area contributed by atoms with Gasteiger partial charge in [0.2, 0.25) is 10.0 Å². The molecule has 2 N–H and O–H groups in total. The number of hydrogen-bond acceptors (Lipinski definition) is 3. The van der Waals surface area contributed by atoms with Crippen LogP contribution in [0.25, 0.3) is 0 Å². The summed E-state index contributed by atoms with van der Waals surface area (Å²) in [7, 11) is -3.80. The Balaban J connectivity index is 2.14. The molecule has 0 amide bonds. The zero-order chi connectivity index (χ0) is 15.7. The highest BCUT2D eigenvalue weighted by Crippen LogP contribution is 2.44. The highest BCUT2D eigenvalue weighted by Gasteiger charge is 2.38. The van der Waals surface area contributed by atoms with Crippen LogP contribution < -0.4 is 10.0 Å². The molecule has 0 spiro atoms. The summed E-state index contributed by atoms with van der Waals surface area (Å²) in [6.45, 7) is 6.90. The lowest BCUT2D eigenvalue weighted by Gasteiger charge is -2.13. The van der Waals surface area contributed by atoms with Gasteiger partial charge in [-0.15, -0.1) is 0 Å². The van der Waals surface area contributed by atoms with E-state index in [9.17, 15) is 12.8 Å². The monoisotopic (exact) mass is 314 g/mol. The number of halogens is 1. The molecule has 0 saturated heterocycles. The van der Waals surface area contributed by atoms with Gasteiger partial charge in [0.15, 0.2) is 0 Å². The average Bonchev–Trinajstić information content (AvgIpc) is 3.14. The van der Waals surface area contributed by atoms with E-state index >= 15 is 0 Å². The Kier molecular flexibility index (Phi) is 4.70. The number of nitrogens with one attached hydrogen (secondary N) is 2. The predicted octanol–water partition coefficient (Wildman–Crippen LogP) is 2.40. The molecule has 0 unspecified atom stereocenters. The Morgan fingerprint density at radius 2 is 2.00 bits per heavy atom. The van der Waals surface area contributed by atoms with Crippen LogP contribution in [0.1, 0.15) is 39.2 Å². The van der Waals surface area contributed by atoms with Crippen LogP contribution in [0.15, 0.2) is 23.1 Å². The summed E-state index contributed by atoms with van der Waals surface area (Å²) >= 11 is 0. The summed E-state index contributed by atoms with van der Waals surface area (Å²) in [5.74, 6) is -0.711. The second-order valence-electron chi connectivity index (χ2n) is 6.44. The van der Waals surface area contributed by atoms with E-state index < -0.39 is 15.8 Å². The van der Waals surface area contributed by atoms with E-state index in [0.717, 1.165) is 18.4 Å². The maximum Gasteiger partial charge on any atom is 0.243 e. The maximum absolute atomic E-state index is 13.9. The lowest BCUT2D eigenvalue weighted by atomic mass is 10.2. The Bertz CT molecular complexity index is 610. The smallest absolute Gasteiger partial charge is 0.243 e. The van der Waals surface area contributed by atoms with Crippen molar-refractivity contribution in [2.24, 2.45) is 5.41 Å². The molecular formula is C15H23FN2O2S. The van der Waals surface area contributed by atoms with Crippen molar-refractivity contribution in [3.8, 4) is 0 Å². The van der Waals surface area contributed by atoms with Crippen LogP contribution in [0.2, 0.25) is 0 Å². The molecule has 0 aliphatic heterocycles. The summed E-state index contributed by atoms with van der Waals surface area (Å²) in [6, 6.07) is 4.50. The van der Waals surface area contributed by atoms with E-state index in [1.807, 2.05) is 20.8 Å². The van der Waals surface area contributed by atoms with Gasteiger partial charge < -0.3 is 5.32 Å². The molecule has 0 bridgehead atoms. The lowest BCUT2D eigenvalue weighted by molar-refractivity contribution is 0.521. The van der Waals surface area contributed by atoms with Crippen molar-refractivity contribution in [1.29, 1.82) is 0 Å². The Morgan fingerprint density at radius 3 is 2.57 bits per heavy atom. The van der Waals surface area contributed by atoms with Gasteiger partial charge in [-0.2, -0.15) is 0 Å². The fraction of sp³-hybridized carbons (Fsp3) is 0.600. The lowest BCUT2D eigenvalue weighted by Crippen LogP contribution is -2.30. The molecule has 4 nitrogen and oxygen atoms in total. The Morgan fingerprint density at radius 1 is 1.33 bits per heavy atom. The van der Waals surface area contributed by atoms with Crippen LogP contribution in [0, 0.1) is 11.2 Å². The van der Waals surface area contributed by atoms with Gasteiger partial charge in [-0.1, -0.05) is 26.8 Å². The summed E-state index contributed by atoms with van der Waals surface area (Å²) in [4.78, 5) is -0.269. The van der Waals surface area contributed by atoms with E-state index in [4.69, 9.17) is 0 Å². The molecule has 1 aromatic carbocycles. The zero-order valence-electron chi connectivity index (χ0n) is 12.7. The summed E-state index contributed by atoms with van der Waals surface area (Å²) < 4.78 is 40.9. The molecule has 1 aromatic rings.